The minimum Gasteiger partial charge on any atom is -0.353 e. The molecule has 0 saturated carbocycles. The van der Waals surface area contributed by atoms with Crippen LogP contribution in [0.2, 0.25) is 0 Å². The van der Waals surface area contributed by atoms with Gasteiger partial charge in [0.05, 0.1) is 0 Å². The predicted octanol–water partition coefficient (Wildman–Crippen LogP) is 1.97. The topological polar surface area (TPSA) is 28.2 Å². The number of nitrogens with zero attached hydrogens (tertiary/aromatic N) is 2. The Bertz CT molecular complexity index is 332. The highest BCUT2D eigenvalue weighted by Gasteiger charge is 2.20. The summed E-state index contributed by atoms with van der Waals surface area (Å²) in [6.45, 7) is 7.54. The van der Waals surface area contributed by atoms with Crippen molar-refractivity contribution in [2.24, 2.45) is 0 Å². The molecule has 3 nitrogen and oxygen atoms in total. The Labute approximate surface area is 97.9 Å². The molecule has 1 fully saturated rings. The average molecular weight is 219 g/mol. The molecule has 0 aliphatic carbocycles. The number of pyridine rings is 1. The average Bonchev–Trinajstić information content (AvgIpc) is 2.31. The Morgan fingerprint density at radius 3 is 3.00 bits per heavy atom. The van der Waals surface area contributed by atoms with Crippen molar-refractivity contribution in [3.63, 3.8) is 0 Å². The van der Waals surface area contributed by atoms with Crippen molar-refractivity contribution in [1.82, 2.24) is 10.3 Å². The SMILES string of the molecule is CCN(c1cccc(C)n1)C1CCCNC1. The van der Waals surface area contributed by atoms with Crippen LogP contribution in [0.3, 0.4) is 0 Å². The van der Waals surface area contributed by atoms with Crippen molar-refractivity contribution < 1.29 is 0 Å². The summed E-state index contributed by atoms with van der Waals surface area (Å²) in [4.78, 5) is 7.03. The first-order valence-corrected chi connectivity index (χ1v) is 6.22. The van der Waals surface area contributed by atoms with Gasteiger partial charge >= 0.3 is 0 Å². The summed E-state index contributed by atoms with van der Waals surface area (Å²) in [5.74, 6) is 1.12. The lowest BCUT2D eigenvalue weighted by molar-refractivity contribution is 0.433. The van der Waals surface area contributed by atoms with Gasteiger partial charge in [-0.2, -0.15) is 0 Å². The highest BCUT2D eigenvalue weighted by molar-refractivity contribution is 5.40. The van der Waals surface area contributed by atoms with E-state index in [0.717, 1.165) is 31.1 Å². The maximum Gasteiger partial charge on any atom is 0.129 e. The fraction of sp³-hybridized carbons (Fsp3) is 0.615. The van der Waals surface area contributed by atoms with Crippen LogP contribution in [0.25, 0.3) is 0 Å². The normalized spacial score (nSPS) is 20.8. The maximum absolute atomic E-state index is 4.62. The number of hydrogen-bond donors (Lipinski definition) is 1. The third kappa shape index (κ3) is 2.53. The second-order valence-corrected chi connectivity index (χ2v) is 4.42. The standard InChI is InChI=1S/C13H21N3/c1-3-16(12-7-5-9-14-10-12)13-8-4-6-11(2)15-13/h4,6,8,12,14H,3,5,7,9-10H2,1-2H3. The first kappa shape index (κ1) is 11.4. The van der Waals surface area contributed by atoms with Crippen LogP contribution in [0.5, 0.6) is 0 Å². The number of likely N-dealkylation sites (N-methyl/N-ethyl adjacent to an activating group) is 1. The third-order valence-electron chi connectivity index (χ3n) is 3.22. The van der Waals surface area contributed by atoms with Gasteiger partial charge in [0.25, 0.3) is 0 Å². The highest BCUT2D eigenvalue weighted by Crippen LogP contribution is 2.18. The summed E-state index contributed by atoms with van der Waals surface area (Å²) >= 11 is 0. The molecule has 1 aliphatic heterocycles. The van der Waals surface area contributed by atoms with Gasteiger partial charge < -0.3 is 10.2 Å². The summed E-state index contributed by atoms with van der Waals surface area (Å²) in [6, 6.07) is 6.87. The minimum absolute atomic E-state index is 0.605. The number of aromatic nitrogens is 1. The predicted molar refractivity (Wildman–Crippen MR) is 67.9 cm³/mol. The van der Waals surface area contributed by atoms with E-state index in [9.17, 15) is 0 Å². The molecule has 1 saturated heterocycles. The Balaban J connectivity index is 2.14. The van der Waals surface area contributed by atoms with Crippen molar-refractivity contribution in [3.05, 3.63) is 23.9 Å². The summed E-state index contributed by atoms with van der Waals surface area (Å²) in [7, 11) is 0. The molecule has 1 atom stereocenters. The molecule has 0 radical (unpaired) electrons. The monoisotopic (exact) mass is 219 g/mol. The molecule has 3 heteroatoms. The second kappa shape index (κ2) is 5.30. The van der Waals surface area contributed by atoms with E-state index in [0.29, 0.717) is 6.04 Å². The second-order valence-electron chi connectivity index (χ2n) is 4.42. The summed E-state index contributed by atoms with van der Waals surface area (Å²) in [5.41, 5.74) is 1.10. The van der Waals surface area contributed by atoms with Crippen LogP contribution < -0.4 is 10.2 Å². The first-order chi connectivity index (χ1) is 7.81. The molecule has 2 heterocycles. The first-order valence-electron chi connectivity index (χ1n) is 6.22. The van der Waals surface area contributed by atoms with E-state index in [-0.39, 0.29) is 0 Å². The van der Waals surface area contributed by atoms with E-state index >= 15 is 0 Å². The summed E-state index contributed by atoms with van der Waals surface area (Å²) in [6.07, 6.45) is 2.55. The molecule has 0 amide bonds. The zero-order valence-corrected chi connectivity index (χ0v) is 10.2. The van der Waals surface area contributed by atoms with Crippen LogP contribution in [0.1, 0.15) is 25.5 Å². The number of piperidine rings is 1. The highest BCUT2D eigenvalue weighted by atomic mass is 15.2. The van der Waals surface area contributed by atoms with Gasteiger partial charge in [-0.25, -0.2) is 4.98 Å². The van der Waals surface area contributed by atoms with E-state index in [1.54, 1.807) is 0 Å². The van der Waals surface area contributed by atoms with E-state index in [4.69, 9.17) is 0 Å². The minimum atomic E-state index is 0.605. The molecule has 16 heavy (non-hydrogen) atoms. The van der Waals surface area contributed by atoms with E-state index in [1.807, 2.05) is 0 Å². The van der Waals surface area contributed by atoms with Crippen LogP contribution in [-0.2, 0) is 0 Å². The molecular formula is C13H21N3. The van der Waals surface area contributed by atoms with Gasteiger partial charge in [-0.15, -0.1) is 0 Å². The van der Waals surface area contributed by atoms with Crippen molar-refractivity contribution in [2.45, 2.75) is 32.7 Å². The summed E-state index contributed by atoms with van der Waals surface area (Å²) < 4.78 is 0. The van der Waals surface area contributed by atoms with Crippen molar-refractivity contribution >= 4 is 5.82 Å². The van der Waals surface area contributed by atoms with Gasteiger partial charge in [0.15, 0.2) is 0 Å². The van der Waals surface area contributed by atoms with Crippen LogP contribution >= 0.6 is 0 Å². The lowest BCUT2D eigenvalue weighted by atomic mass is 10.1. The molecule has 1 aromatic heterocycles. The number of anilines is 1. The fourth-order valence-electron chi connectivity index (χ4n) is 2.40. The van der Waals surface area contributed by atoms with Gasteiger partial charge in [0.1, 0.15) is 5.82 Å². The number of nitrogens with one attached hydrogen (secondary N) is 1. The zero-order chi connectivity index (χ0) is 11.4. The quantitative estimate of drug-likeness (QED) is 0.842. The third-order valence-corrected chi connectivity index (χ3v) is 3.22. The molecule has 1 N–H and O–H groups in total. The van der Waals surface area contributed by atoms with Crippen molar-refractivity contribution in [3.8, 4) is 0 Å². The zero-order valence-electron chi connectivity index (χ0n) is 10.2. The Kier molecular flexibility index (Phi) is 3.78. The van der Waals surface area contributed by atoms with Gasteiger partial charge in [0.2, 0.25) is 0 Å². The molecule has 0 spiro atoms. The van der Waals surface area contributed by atoms with Gasteiger partial charge in [-0.05, 0) is 45.4 Å². The Morgan fingerprint density at radius 1 is 1.50 bits per heavy atom. The van der Waals surface area contributed by atoms with Gasteiger partial charge in [0, 0.05) is 24.8 Å². The molecule has 1 unspecified atom stereocenters. The van der Waals surface area contributed by atoms with Gasteiger partial charge in [-0.3, -0.25) is 0 Å². The molecule has 0 aromatic carbocycles. The Morgan fingerprint density at radius 2 is 2.38 bits per heavy atom. The van der Waals surface area contributed by atoms with Crippen LogP contribution in [0, 0.1) is 6.92 Å². The molecular weight excluding hydrogens is 198 g/mol. The van der Waals surface area contributed by atoms with Crippen molar-refractivity contribution in [2.75, 3.05) is 24.5 Å². The van der Waals surface area contributed by atoms with Crippen LogP contribution in [0.15, 0.2) is 18.2 Å². The van der Waals surface area contributed by atoms with Crippen LogP contribution in [0.4, 0.5) is 5.82 Å². The van der Waals surface area contributed by atoms with E-state index in [1.165, 1.54) is 12.8 Å². The smallest absolute Gasteiger partial charge is 0.129 e. The largest absolute Gasteiger partial charge is 0.353 e. The fourth-order valence-corrected chi connectivity index (χ4v) is 2.40. The summed E-state index contributed by atoms with van der Waals surface area (Å²) in [5, 5.41) is 3.46. The molecule has 1 aliphatic rings. The van der Waals surface area contributed by atoms with Crippen molar-refractivity contribution in [1.29, 1.82) is 0 Å². The molecule has 0 bridgehead atoms. The lowest BCUT2D eigenvalue weighted by Crippen LogP contribution is -2.46. The van der Waals surface area contributed by atoms with Crippen LogP contribution in [-0.4, -0.2) is 30.7 Å². The molecule has 88 valence electrons. The molecule has 1 aromatic rings. The Hall–Kier alpha value is -1.09. The maximum atomic E-state index is 4.62. The molecule has 2 rings (SSSR count). The number of hydrogen-bond acceptors (Lipinski definition) is 3. The lowest BCUT2D eigenvalue weighted by Gasteiger charge is -2.34. The van der Waals surface area contributed by atoms with E-state index in [2.05, 4.69) is 47.2 Å². The van der Waals surface area contributed by atoms with Gasteiger partial charge in [-0.1, -0.05) is 6.07 Å². The number of rotatable bonds is 3. The van der Waals surface area contributed by atoms with E-state index < -0.39 is 0 Å². The number of aryl methyl sites for hydroxylation is 1.